The molecule has 0 spiro atoms. The summed E-state index contributed by atoms with van der Waals surface area (Å²) in [4.78, 5) is 12.8. The molecule has 0 aliphatic rings. The van der Waals surface area contributed by atoms with Gasteiger partial charge < -0.3 is 10.5 Å². The second-order valence-electron chi connectivity index (χ2n) is 4.35. The molecule has 2 heterocycles. The van der Waals surface area contributed by atoms with E-state index < -0.39 is 6.04 Å². The Bertz CT molecular complexity index is 739. The molecule has 1 unspecified atom stereocenters. The van der Waals surface area contributed by atoms with Gasteiger partial charge in [0.2, 0.25) is 5.88 Å². The summed E-state index contributed by atoms with van der Waals surface area (Å²) in [6, 6.07) is 9.46. The van der Waals surface area contributed by atoms with Gasteiger partial charge in [-0.3, -0.25) is 9.97 Å². The van der Waals surface area contributed by atoms with Gasteiger partial charge in [0.1, 0.15) is 5.69 Å². The molecule has 0 amide bonds. The highest BCUT2D eigenvalue weighted by molar-refractivity contribution is 5.85. The van der Waals surface area contributed by atoms with Gasteiger partial charge in [0, 0.05) is 24.0 Å². The van der Waals surface area contributed by atoms with E-state index in [0.717, 1.165) is 16.5 Å². The minimum absolute atomic E-state index is 0.426. The Morgan fingerprint density at radius 1 is 0.950 bits per heavy atom. The normalized spacial score (nSPS) is 12.3. The average Bonchev–Trinajstić information content (AvgIpc) is 2.53. The van der Waals surface area contributed by atoms with Gasteiger partial charge in [-0.25, -0.2) is 4.98 Å². The maximum atomic E-state index is 6.31. The van der Waals surface area contributed by atoms with Crippen LogP contribution >= 0.6 is 0 Å². The molecule has 2 aromatic heterocycles. The number of fused-ring (bicyclic) bond motifs is 1. The first-order chi connectivity index (χ1) is 9.81. The molecular weight excluding hydrogens is 252 g/mol. The van der Waals surface area contributed by atoms with Crippen LogP contribution in [0.2, 0.25) is 0 Å². The number of methoxy groups -OCH3 is 1. The summed E-state index contributed by atoms with van der Waals surface area (Å²) in [5, 5.41) is 2.10. The molecule has 0 fully saturated rings. The number of pyridine rings is 1. The summed E-state index contributed by atoms with van der Waals surface area (Å²) >= 11 is 0. The van der Waals surface area contributed by atoms with E-state index in [1.807, 2.05) is 30.3 Å². The number of nitrogens with zero attached hydrogens (tertiary/aromatic N) is 3. The Kier molecular flexibility index (Phi) is 3.26. The van der Waals surface area contributed by atoms with Crippen LogP contribution in [0.5, 0.6) is 5.88 Å². The van der Waals surface area contributed by atoms with Crippen molar-refractivity contribution in [2.75, 3.05) is 7.11 Å². The molecule has 2 N–H and O–H groups in total. The number of aromatic nitrogens is 3. The largest absolute Gasteiger partial charge is 0.480 e. The molecular formula is C15H14N4O. The van der Waals surface area contributed by atoms with E-state index in [1.165, 1.54) is 0 Å². The van der Waals surface area contributed by atoms with Gasteiger partial charge in [0.05, 0.1) is 18.8 Å². The zero-order chi connectivity index (χ0) is 13.9. The van der Waals surface area contributed by atoms with Crippen LogP contribution in [0.1, 0.15) is 17.4 Å². The molecule has 5 nitrogen and oxygen atoms in total. The first-order valence-electron chi connectivity index (χ1n) is 6.25. The lowest BCUT2D eigenvalue weighted by atomic mass is 10.0. The smallest absolute Gasteiger partial charge is 0.237 e. The van der Waals surface area contributed by atoms with E-state index in [4.69, 9.17) is 10.5 Å². The van der Waals surface area contributed by atoms with Crippen molar-refractivity contribution >= 4 is 10.8 Å². The van der Waals surface area contributed by atoms with E-state index in [2.05, 4.69) is 15.0 Å². The van der Waals surface area contributed by atoms with Gasteiger partial charge in [-0.05, 0) is 11.5 Å². The monoisotopic (exact) mass is 266 g/mol. The van der Waals surface area contributed by atoms with Crippen LogP contribution in [0.4, 0.5) is 0 Å². The fraction of sp³-hybridized carbons (Fsp3) is 0.133. The third-order valence-corrected chi connectivity index (χ3v) is 3.18. The highest BCUT2D eigenvalue weighted by atomic mass is 16.5. The van der Waals surface area contributed by atoms with Crippen molar-refractivity contribution in [2.45, 2.75) is 6.04 Å². The molecule has 3 aromatic rings. The van der Waals surface area contributed by atoms with E-state index >= 15 is 0 Å². The lowest BCUT2D eigenvalue weighted by Crippen LogP contribution is -2.17. The van der Waals surface area contributed by atoms with Crippen molar-refractivity contribution in [3.05, 3.63) is 60.3 Å². The topological polar surface area (TPSA) is 73.9 Å². The first-order valence-corrected chi connectivity index (χ1v) is 6.25. The number of rotatable bonds is 3. The summed E-state index contributed by atoms with van der Waals surface area (Å²) in [5.41, 5.74) is 7.66. The Labute approximate surface area is 116 Å². The molecule has 0 aliphatic heterocycles. The maximum absolute atomic E-state index is 6.31. The Balaban J connectivity index is 2.15. The summed E-state index contributed by atoms with van der Waals surface area (Å²) in [7, 11) is 1.55. The molecule has 1 atom stereocenters. The highest BCUT2D eigenvalue weighted by Crippen LogP contribution is 2.27. The maximum Gasteiger partial charge on any atom is 0.237 e. The van der Waals surface area contributed by atoms with Crippen LogP contribution in [0.25, 0.3) is 10.8 Å². The summed E-state index contributed by atoms with van der Waals surface area (Å²) < 4.78 is 5.22. The van der Waals surface area contributed by atoms with Gasteiger partial charge in [0.25, 0.3) is 0 Å². The molecule has 3 rings (SSSR count). The highest BCUT2D eigenvalue weighted by Gasteiger charge is 2.19. The van der Waals surface area contributed by atoms with Gasteiger partial charge in [-0.1, -0.05) is 24.3 Å². The van der Waals surface area contributed by atoms with Gasteiger partial charge in [0.15, 0.2) is 0 Å². The third kappa shape index (κ3) is 2.08. The molecule has 1 aromatic carbocycles. The Morgan fingerprint density at radius 3 is 2.55 bits per heavy atom. The standard InChI is InChI=1S/C15H14N4O/c1-20-15-14(18-8-9-19-15)12(16)13-11-5-3-2-4-10(11)6-7-17-13/h2-9,12H,16H2,1H3. The van der Waals surface area contributed by atoms with Gasteiger partial charge in [-0.2, -0.15) is 0 Å². The summed E-state index contributed by atoms with van der Waals surface area (Å²) in [5.74, 6) is 0.426. The fourth-order valence-corrected chi connectivity index (χ4v) is 2.23. The van der Waals surface area contributed by atoms with Crippen LogP contribution in [0.15, 0.2) is 48.9 Å². The molecule has 5 heteroatoms. The lowest BCUT2D eigenvalue weighted by molar-refractivity contribution is 0.387. The predicted octanol–water partition coefficient (Wildman–Crippen LogP) is 2.08. The zero-order valence-electron chi connectivity index (χ0n) is 11.0. The first kappa shape index (κ1) is 12.5. The van der Waals surface area contributed by atoms with Gasteiger partial charge >= 0.3 is 0 Å². The van der Waals surface area contributed by atoms with E-state index in [1.54, 1.807) is 25.7 Å². The quantitative estimate of drug-likeness (QED) is 0.785. The summed E-state index contributed by atoms with van der Waals surface area (Å²) in [6.07, 6.45) is 4.93. The van der Waals surface area contributed by atoms with Crippen molar-refractivity contribution in [2.24, 2.45) is 5.73 Å². The fourth-order valence-electron chi connectivity index (χ4n) is 2.23. The summed E-state index contributed by atoms with van der Waals surface area (Å²) in [6.45, 7) is 0. The van der Waals surface area contributed by atoms with Crippen molar-refractivity contribution in [3.8, 4) is 5.88 Å². The molecule has 20 heavy (non-hydrogen) atoms. The second kappa shape index (κ2) is 5.22. The molecule has 0 saturated heterocycles. The molecule has 0 radical (unpaired) electrons. The minimum atomic E-state index is -0.482. The SMILES string of the molecule is COc1nccnc1C(N)c1nccc2ccccc12. The van der Waals surface area contributed by atoms with Gasteiger partial charge in [-0.15, -0.1) is 0 Å². The van der Waals surface area contributed by atoms with Crippen molar-refractivity contribution in [1.82, 2.24) is 15.0 Å². The van der Waals surface area contributed by atoms with E-state index in [9.17, 15) is 0 Å². The molecule has 100 valence electrons. The van der Waals surface area contributed by atoms with Crippen LogP contribution in [0.3, 0.4) is 0 Å². The average molecular weight is 266 g/mol. The van der Waals surface area contributed by atoms with Crippen LogP contribution in [-0.2, 0) is 0 Å². The second-order valence-corrected chi connectivity index (χ2v) is 4.35. The van der Waals surface area contributed by atoms with E-state index in [-0.39, 0.29) is 0 Å². The van der Waals surface area contributed by atoms with Crippen LogP contribution < -0.4 is 10.5 Å². The predicted molar refractivity (Wildman–Crippen MR) is 76.4 cm³/mol. The van der Waals surface area contributed by atoms with Crippen molar-refractivity contribution < 1.29 is 4.74 Å². The number of benzene rings is 1. The zero-order valence-corrected chi connectivity index (χ0v) is 11.0. The van der Waals surface area contributed by atoms with Crippen LogP contribution in [-0.4, -0.2) is 22.1 Å². The Morgan fingerprint density at radius 2 is 1.70 bits per heavy atom. The van der Waals surface area contributed by atoms with E-state index in [0.29, 0.717) is 11.6 Å². The lowest BCUT2D eigenvalue weighted by Gasteiger charge is -2.14. The third-order valence-electron chi connectivity index (χ3n) is 3.18. The van der Waals surface area contributed by atoms with Crippen molar-refractivity contribution in [3.63, 3.8) is 0 Å². The number of hydrogen-bond donors (Lipinski definition) is 1. The van der Waals surface area contributed by atoms with Crippen molar-refractivity contribution in [1.29, 1.82) is 0 Å². The number of hydrogen-bond acceptors (Lipinski definition) is 5. The number of nitrogens with two attached hydrogens (primary N) is 1. The molecule has 0 aliphatic carbocycles. The van der Waals surface area contributed by atoms with Crippen LogP contribution in [0, 0.1) is 0 Å². The Hall–Kier alpha value is -2.53. The molecule has 0 saturated carbocycles. The minimum Gasteiger partial charge on any atom is -0.480 e. The number of ether oxygens (including phenoxy) is 1. The molecule has 0 bridgehead atoms.